The topological polar surface area (TPSA) is 75.7 Å². The zero-order chi connectivity index (χ0) is 26.0. The molecule has 190 valence electrons. The molecule has 2 aliphatic heterocycles. The van der Waals surface area contributed by atoms with Gasteiger partial charge in [0, 0.05) is 5.88 Å². The second kappa shape index (κ2) is 10.6. The van der Waals surface area contributed by atoms with Crippen LogP contribution >= 0.6 is 23.4 Å². The van der Waals surface area contributed by atoms with Crippen molar-refractivity contribution in [2.45, 2.75) is 41.7 Å². The lowest BCUT2D eigenvalue weighted by Gasteiger charge is -2.44. The van der Waals surface area contributed by atoms with Crippen LogP contribution in [0.5, 0.6) is 0 Å². The van der Waals surface area contributed by atoms with Gasteiger partial charge in [-0.25, -0.2) is 4.79 Å². The number of hydrogen-bond acceptors (Lipinski definition) is 5. The Hall–Kier alpha value is -3.29. The third kappa shape index (κ3) is 4.98. The van der Waals surface area contributed by atoms with Gasteiger partial charge in [-0.3, -0.25) is 9.59 Å². The van der Waals surface area contributed by atoms with E-state index in [1.54, 1.807) is 0 Å². The van der Waals surface area contributed by atoms with E-state index >= 15 is 0 Å². The van der Waals surface area contributed by atoms with Gasteiger partial charge in [0.15, 0.2) is 6.10 Å². The molecule has 3 aromatic rings. The van der Waals surface area contributed by atoms with Crippen molar-refractivity contribution in [3.8, 4) is 0 Å². The Balaban J connectivity index is 1.34. The van der Waals surface area contributed by atoms with Crippen LogP contribution in [0.1, 0.15) is 29.7 Å². The van der Waals surface area contributed by atoms with Crippen molar-refractivity contribution in [2.24, 2.45) is 0 Å². The molecule has 6 nitrogen and oxygen atoms in total. The quantitative estimate of drug-likeness (QED) is 0.264. The number of β-lactam (4-membered cyclic amide) rings is 1. The minimum atomic E-state index is -0.871. The van der Waals surface area contributed by atoms with Gasteiger partial charge in [0.2, 0.25) is 11.8 Å². The van der Waals surface area contributed by atoms with Crippen LogP contribution in [0, 0.1) is 0 Å². The normalized spacial score (nSPS) is 24.4. The van der Waals surface area contributed by atoms with Crippen LogP contribution in [0.4, 0.5) is 0 Å². The molecule has 1 N–H and O–H groups in total. The lowest BCUT2D eigenvalue weighted by Crippen LogP contribution is -2.71. The molecule has 0 aliphatic carbocycles. The smallest absolute Gasteiger partial charge is 0.331 e. The number of benzene rings is 3. The highest BCUT2D eigenvalue weighted by atomic mass is 35.5. The van der Waals surface area contributed by atoms with Gasteiger partial charge in [-0.05, 0) is 23.6 Å². The zero-order valence-corrected chi connectivity index (χ0v) is 21.8. The number of thioether (sulfide) groups is 1. The van der Waals surface area contributed by atoms with Gasteiger partial charge >= 0.3 is 5.97 Å². The monoisotopic (exact) mass is 534 g/mol. The molecule has 1 unspecified atom stereocenters. The Kier molecular flexibility index (Phi) is 7.26. The number of hydrogen-bond donors (Lipinski definition) is 1. The van der Waals surface area contributed by atoms with Crippen LogP contribution in [0.25, 0.3) is 0 Å². The van der Waals surface area contributed by atoms with Crippen molar-refractivity contribution in [2.75, 3.05) is 5.88 Å². The second-order valence-electron chi connectivity index (χ2n) is 9.45. The van der Waals surface area contributed by atoms with Crippen LogP contribution in [-0.4, -0.2) is 50.8 Å². The third-order valence-electron chi connectivity index (χ3n) is 6.78. The minimum absolute atomic E-state index is 0.143. The molecule has 0 bridgehead atoms. The number of amides is 2. The Morgan fingerprint density at radius 2 is 1.51 bits per heavy atom. The minimum Gasteiger partial charge on any atom is -0.451 e. The van der Waals surface area contributed by atoms with E-state index in [-0.39, 0.29) is 29.5 Å². The largest absolute Gasteiger partial charge is 0.451 e. The molecule has 2 heterocycles. The van der Waals surface area contributed by atoms with Crippen LogP contribution < -0.4 is 5.32 Å². The van der Waals surface area contributed by atoms with Crippen molar-refractivity contribution >= 4 is 41.1 Å². The number of fused-ring (bicyclic) bond motifs is 1. The van der Waals surface area contributed by atoms with E-state index in [4.69, 9.17) is 16.3 Å². The van der Waals surface area contributed by atoms with E-state index in [0.29, 0.717) is 0 Å². The molecule has 2 aliphatic rings. The van der Waals surface area contributed by atoms with Crippen LogP contribution in [0.2, 0.25) is 0 Å². The summed E-state index contributed by atoms with van der Waals surface area (Å²) in [7, 11) is 0. The zero-order valence-electron chi connectivity index (χ0n) is 20.3. The lowest BCUT2D eigenvalue weighted by molar-refractivity contribution is -0.166. The van der Waals surface area contributed by atoms with Crippen molar-refractivity contribution in [3.63, 3.8) is 0 Å². The predicted molar refractivity (Wildman–Crippen MR) is 144 cm³/mol. The van der Waals surface area contributed by atoms with Crippen molar-refractivity contribution in [3.05, 3.63) is 108 Å². The molecule has 0 aromatic heterocycles. The third-order valence-corrected chi connectivity index (χ3v) is 9.14. The molecular formula is C29H27ClN2O4S. The first kappa shape index (κ1) is 25.4. The maximum absolute atomic E-state index is 13.7. The fraction of sp³-hybridized carbons (Fsp3) is 0.276. The maximum Gasteiger partial charge on any atom is 0.331 e. The Morgan fingerprint density at radius 1 is 0.973 bits per heavy atom. The molecule has 8 heteroatoms. The van der Waals surface area contributed by atoms with Crippen molar-refractivity contribution < 1.29 is 19.1 Å². The molecule has 5 rings (SSSR count). The molecule has 0 saturated carbocycles. The number of carbonyl (C=O) groups is 3. The SMILES string of the molecule is C[C@@]1(CCl)S[C@@H]2C(NC(=O)Cc3ccccc3)C(=O)N2[C@H]1C(=O)OC(c1ccccc1)c1ccccc1. The summed E-state index contributed by atoms with van der Waals surface area (Å²) in [5, 5.41) is 2.47. The molecule has 37 heavy (non-hydrogen) atoms. The average molecular weight is 535 g/mol. The molecule has 0 spiro atoms. The second-order valence-corrected chi connectivity index (χ2v) is 11.4. The van der Waals surface area contributed by atoms with E-state index in [9.17, 15) is 14.4 Å². The van der Waals surface area contributed by atoms with Crippen LogP contribution in [0.3, 0.4) is 0 Å². The summed E-state index contributed by atoms with van der Waals surface area (Å²) in [6.45, 7) is 1.87. The number of rotatable bonds is 8. The first-order chi connectivity index (χ1) is 17.9. The molecular weight excluding hydrogens is 508 g/mol. The summed E-state index contributed by atoms with van der Waals surface area (Å²) in [4.78, 5) is 41.1. The summed E-state index contributed by atoms with van der Waals surface area (Å²) >= 11 is 7.81. The van der Waals surface area contributed by atoms with Gasteiger partial charge in [0.05, 0.1) is 11.2 Å². The van der Waals surface area contributed by atoms with E-state index in [1.807, 2.05) is 97.9 Å². The number of esters is 1. The Morgan fingerprint density at radius 3 is 2.05 bits per heavy atom. The number of nitrogens with one attached hydrogen (secondary N) is 1. The predicted octanol–water partition coefficient (Wildman–Crippen LogP) is 4.33. The molecule has 0 radical (unpaired) electrons. The summed E-state index contributed by atoms with van der Waals surface area (Å²) in [5.41, 5.74) is 2.53. The van der Waals surface area contributed by atoms with E-state index < -0.39 is 28.9 Å². The summed E-state index contributed by atoms with van der Waals surface area (Å²) in [6.07, 6.45) is -0.452. The highest BCUT2D eigenvalue weighted by molar-refractivity contribution is 8.01. The average Bonchev–Trinajstić information content (AvgIpc) is 3.22. The number of nitrogens with zero attached hydrogens (tertiary/aromatic N) is 1. The highest BCUT2D eigenvalue weighted by Gasteiger charge is 2.66. The summed E-state index contributed by atoms with van der Waals surface area (Å²) < 4.78 is 5.34. The van der Waals surface area contributed by atoms with Gasteiger partial charge in [0.25, 0.3) is 0 Å². The molecule has 3 aromatic carbocycles. The number of alkyl halides is 1. The number of carbonyl (C=O) groups excluding carboxylic acids is 3. The first-order valence-corrected chi connectivity index (χ1v) is 13.5. The standard InChI is InChI=1S/C29H27ClN2O4S/c1-29(18-30)25(28(35)36-24(20-13-7-3-8-14-20)21-15-9-4-10-16-21)32-26(34)23(27(32)37-29)31-22(33)17-19-11-5-2-6-12-19/h2-16,23-25,27H,17-18H2,1H3,(H,31,33)/t23?,25-,27+,29-/m0/s1. The number of halogens is 1. The van der Waals surface area contributed by atoms with E-state index in [0.717, 1.165) is 16.7 Å². The van der Waals surface area contributed by atoms with Gasteiger partial charge < -0.3 is 15.0 Å². The molecule has 4 atom stereocenters. The van der Waals surface area contributed by atoms with E-state index in [2.05, 4.69) is 5.32 Å². The van der Waals surface area contributed by atoms with Gasteiger partial charge in [0.1, 0.15) is 17.5 Å². The van der Waals surface area contributed by atoms with Gasteiger partial charge in [-0.1, -0.05) is 91.0 Å². The number of ether oxygens (including phenoxy) is 1. The molecule has 2 saturated heterocycles. The summed E-state index contributed by atoms with van der Waals surface area (Å²) in [5.74, 6) is -0.912. The van der Waals surface area contributed by atoms with E-state index in [1.165, 1.54) is 16.7 Å². The highest BCUT2D eigenvalue weighted by Crippen LogP contribution is 2.52. The van der Waals surface area contributed by atoms with Gasteiger partial charge in [-0.2, -0.15) is 0 Å². The maximum atomic E-state index is 13.7. The Labute approximate surface area is 225 Å². The van der Waals surface area contributed by atoms with Crippen molar-refractivity contribution in [1.82, 2.24) is 10.2 Å². The molecule has 2 amide bonds. The fourth-order valence-electron chi connectivity index (χ4n) is 4.89. The first-order valence-electron chi connectivity index (χ1n) is 12.1. The molecule has 2 fully saturated rings. The van der Waals surface area contributed by atoms with Crippen LogP contribution in [-0.2, 0) is 25.5 Å². The van der Waals surface area contributed by atoms with Crippen LogP contribution in [0.15, 0.2) is 91.0 Å². The summed E-state index contributed by atoms with van der Waals surface area (Å²) in [6, 6.07) is 26.8. The van der Waals surface area contributed by atoms with Gasteiger partial charge in [-0.15, -0.1) is 23.4 Å². The van der Waals surface area contributed by atoms with Crippen molar-refractivity contribution in [1.29, 1.82) is 0 Å². The fourth-order valence-corrected chi connectivity index (χ4v) is 6.84. The lowest BCUT2D eigenvalue weighted by atomic mass is 9.95. The Bertz CT molecular complexity index is 1240.